The molecule has 132 valence electrons. The van der Waals surface area contributed by atoms with Crippen LogP contribution in [0.4, 0.5) is 0 Å². The number of amides is 1. The van der Waals surface area contributed by atoms with Gasteiger partial charge in [0.05, 0.1) is 6.54 Å². The number of likely N-dealkylation sites (N-methyl/N-ethyl adjacent to an activating group) is 1. The van der Waals surface area contributed by atoms with Crippen LogP contribution in [0.2, 0.25) is 0 Å². The maximum atomic E-state index is 11.9. The van der Waals surface area contributed by atoms with Gasteiger partial charge in [-0.05, 0) is 51.0 Å². The van der Waals surface area contributed by atoms with Crippen LogP contribution in [0.15, 0.2) is 24.3 Å². The number of benzene rings is 1. The molecule has 6 nitrogen and oxygen atoms in total. The van der Waals surface area contributed by atoms with Gasteiger partial charge in [0, 0.05) is 13.1 Å². The number of rotatable bonds is 8. The summed E-state index contributed by atoms with van der Waals surface area (Å²) in [6.45, 7) is 5.44. The van der Waals surface area contributed by atoms with E-state index in [-0.39, 0.29) is 12.5 Å². The fraction of sp³-hybridized carbons (Fsp3) is 0.556. The molecule has 0 aromatic heterocycles. The predicted molar refractivity (Wildman–Crippen MR) is 92.5 cm³/mol. The number of likely N-dealkylation sites (tertiary alicyclic amines) is 1. The van der Waals surface area contributed by atoms with E-state index in [0.717, 1.165) is 12.1 Å². The summed E-state index contributed by atoms with van der Waals surface area (Å²) in [5.41, 5.74) is 2.34. The van der Waals surface area contributed by atoms with Gasteiger partial charge in [-0.15, -0.1) is 0 Å². The Morgan fingerprint density at radius 2 is 1.79 bits per heavy atom. The van der Waals surface area contributed by atoms with E-state index in [2.05, 4.69) is 22.3 Å². The van der Waals surface area contributed by atoms with Gasteiger partial charge in [-0.3, -0.25) is 19.4 Å². The smallest absolute Gasteiger partial charge is 0.320 e. The lowest BCUT2D eigenvalue weighted by molar-refractivity contribution is -0.142. The van der Waals surface area contributed by atoms with Crippen LogP contribution >= 0.6 is 0 Å². The van der Waals surface area contributed by atoms with Crippen LogP contribution in [-0.2, 0) is 22.7 Å². The molecule has 24 heavy (non-hydrogen) atoms. The zero-order chi connectivity index (χ0) is 17.5. The number of hydrogen-bond acceptors (Lipinski definition) is 4. The highest BCUT2D eigenvalue weighted by molar-refractivity contribution is 5.79. The van der Waals surface area contributed by atoms with Crippen LogP contribution in [0.5, 0.6) is 0 Å². The molecule has 0 radical (unpaired) electrons. The van der Waals surface area contributed by atoms with E-state index in [1.807, 2.05) is 12.1 Å². The largest absolute Gasteiger partial charge is 0.480 e. The molecule has 2 rings (SSSR count). The molecule has 6 heteroatoms. The number of carbonyl (C=O) groups is 2. The van der Waals surface area contributed by atoms with Gasteiger partial charge in [-0.25, -0.2) is 0 Å². The molecule has 0 bridgehead atoms. The first-order valence-electron chi connectivity index (χ1n) is 8.45. The van der Waals surface area contributed by atoms with Crippen LogP contribution in [0.25, 0.3) is 0 Å². The summed E-state index contributed by atoms with van der Waals surface area (Å²) in [5, 5.41) is 11.8. The maximum absolute atomic E-state index is 11.9. The molecule has 1 fully saturated rings. The van der Waals surface area contributed by atoms with Crippen molar-refractivity contribution in [1.29, 1.82) is 0 Å². The van der Waals surface area contributed by atoms with Crippen LogP contribution in [0.3, 0.4) is 0 Å². The molecular formula is C18H27N3O3. The Morgan fingerprint density at radius 3 is 2.38 bits per heavy atom. The first-order valence-corrected chi connectivity index (χ1v) is 8.45. The van der Waals surface area contributed by atoms with E-state index in [4.69, 9.17) is 5.11 Å². The molecule has 1 atom stereocenters. The number of carboxylic acids is 1. The van der Waals surface area contributed by atoms with E-state index in [9.17, 15) is 9.59 Å². The minimum Gasteiger partial charge on any atom is -0.480 e. The van der Waals surface area contributed by atoms with E-state index in [1.165, 1.54) is 36.4 Å². The van der Waals surface area contributed by atoms with Gasteiger partial charge in [0.1, 0.15) is 6.04 Å². The zero-order valence-corrected chi connectivity index (χ0v) is 14.5. The summed E-state index contributed by atoms with van der Waals surface area (Å²) in [6.07, 6.45) is 2.58. The van der Waals surface area contributed by atoms with Gasteiger partial charge in [0.25, 0.3) is 0 Å². The van der Waals surface area contributed by atoms with Gasteiger partial charge in [-0.2, -0.15) is 0 Å². The van der Waals surface area contributed by atoms with Gasteiger partial charge in [0.2, 0.25) is 5.91 Å². The summed E-state index contributed by atoms with van der Waals surface area (Å²) in [7, 11) is 1.63. The van der Waals surface area contributed by atoms with Crippen molar-refractivity contribution < 1.29 is 14.7 Å². The number of hydrogen-bond donors (Lipinski definition) is 2. The van der Waals surface area contributed by atoms with Crippen molar-refractivity contribution in [2.45, 2.75) is 38.9 Å². The van der Waals surface area contributed by atoms with Crippen molar-refractivity contribution in [2.24, 2.45) is 0 Å². The molecular weight excluding hydrogens is 306 g/mol. The van der Waals surface area contributed by atoms with E-state index in [0.29, 0.717) is 6.54 Å². The zero-order valence-electron chi connectivity index (χ0n) is 14.5. The second-order valence-electron chi connectivity index (χ2n) is 6.51. The van der Waals surface area contributed by atoms with E-state index in [1.54, 1.807) is 14.0 Å². The summed E-state index contributed by atoms with van der Waals surface area (Å²) >= 11 is 0. The normalized spacial score (nSPS) is 16.3. The van der Waals surface area contributed by atoms with Crippen molar-refractivity contribution >= 4 is 11.9 Å². The Morgan fingerprint density at radius 1 is 1.21 bits per heavy atom. The molecule has 1 unspecified atom stereocenters. The Labute approximate surface area is 143 Å². The van der Waals surface area contributed by atoms with E-state index >= 15 is 0 Å². The third-order valence-electron chi connectivity index (χ3n) is 4.53. The van der Waals surface area contributed by atoms with Crippen molar-refractivity contribution in [2.75, 3.05) is 26.7 Å². The van der Waals surface area contributed by atoms with Gasteiger partial charge in [-0.1, -0.05) is 24.3 Å². The summed E-state index contributed by atoms with van der Waals surface area (Å²) in [6, 6.07) is 7.61. The Balaban J connectivity index is 1.75. The van der Waals surface area contributed by atoms with Crippen molar-refractivity contribution in [3.8, 4) is 0 Å². The first-order chi connectivity index (χ1) is 11.5. The van der Waals surface area contributed by atoms with Crippen molar-refractivity contribution in [3.05, 3.63) is 35.4 Å². The minimum atomic E-state index is -0.932. The molecule has 0 spiro atoms. The van der Waals surface area contributed by atoms with Gasteiger partial charge < -0.3 is 10.4 Å². The van der Waals surface area contributed by atoms with Gasteiger partial charge in [0.15, 0.2) is 0 Å². The standard InChI is InChI=1S/C18H27N3O3/c1-14(18(23)24)20(2)13-17(22)19-11-15-5-7-16(8-6-15)12-21-9-3-4-10-21/h5-8,14H,3-4,9-13H2,1-2H3,(H,19,22)(H,23,24). The average molecular weight is 333 g/mol. The van der Waals surface area contributed by atoms with Crippen LogP contribution in [0.1, 0.15) is 30.9 Å². The number of carbonyl (C=O) groups excluding carboxylic acids is 1. The molecule has 1 heterocycles. The lowest BCUT2D eigenvalue weighted by Crippen LogP contribution is -2.42. The predicted octanol–water partition coefficient (Wildman–Crippen LogP) is 1.30. The monoisotopic (exact) mass is 333 g/mol. The third-order valence-corrected chi connectivity index (χ3v) is 4.53. The SMILES string of the molecule is CC(C(=O)O)N(C)CC(=O)NCc1ccc(CN2CCCC2)cc1. The van der Waals surface area contributed by atoms with Crippen LogP contribution in [0, 0.1) is 0 Å². The second kappa shape index (κ2) is 8.80. The maximum Gasteiger partial charge on any atom is 0.320 e. The lowest BCUT2D eigenvalue weighted by Gasteiger charge is -2.20. The Bertz CT molecular complexity index is 553. The Kier molecular flexibility index (Phi) is 6.75. The number of aliphatic carboxylic acids is 1. The van der Waals surface area contributed by atoms with E-state index < -0.39 is 12.0 Å². The third kappa shape index (κ3) is 5.62. The summed E-state index contributed by atoms with van der Waals surface area (Å²) < 4.78 is 0. The van der Waals surface area contributed by atoms with Crippen molar-refractivity contribution in [3.63, 3.8) is 0 Å². The van der Waals surface area contributed by atoms with Gasteiger partial charge >= 0.3 is 5.97 Å². The fourth-order valence-electron chi connectivity index (χ4n) is 2.77. The quantitative estimate of drug-likeness (QED) is 0.750. The number of carboxylic acid groups (broad SMARTS) is 1. The molecule has 1 saturated heterocycles. The number of nitrogens with one attached hydrogen (secondary N) is 1. The van der Waals surface area contributed by atoms with Crippen LogP contribution < -0.4 is 5.32 Å². The first kappa shape index (κ1) is 18.4. The lowest BCUT2D eigenvalue weighted by atomic mass is 10.1. The molecule has 0 saturated carbocycles. The molecule has 1 aromatic rings. The Hall–Kier alpha value is -1.92. The minimum absolute atomic E-state index is 0.0700. The second-order valence-corrected chi connectivity index (χ2v) is 6.51. The average Bonchev–Trinajstić information content (AvgIpc) is 3.06. The molecule has 1 amide bonds. The molecule has 2 N–H and O–H groups in total. The topological polar surface area (TPSA) is 72.9 Å². The molecule has 1 aromatic carbocycles. The van der Waals surface area contributed by atoms with Crippen LogP contribution in [-0.4, -0.2) is 59.5 Å². The fourth-order valence-corrected chi connectivity index (χ4v) is 2.77. The van der Waals surface area contributed by atoms with Crippen molar-refractivity contribution in [1.82, 2.24) is 15.1 Å². The molecule has 0 aliphatic carbocycles. The highest BCUT2D eigenvalue weighted by atomic mass is 16.4. The molecule has 1 aliphatic rings. The number of nitrogens with zero attached hydrogens (tertiary/aromatic N) is 2. The highest BCUT2D eigenvalue weighted by Gasteiger charge is 2.18. The summed E-state index contributed by atoms with van der Waals surface area (Å²) in [4.78, 5) is 26.7. The molecule has 1 aliphatic heterocycles. The summed E-state index contributed by atoms with van der Waals surface area (Å²) in [5.74, 6) is -1.11. The highest BCUT2D eigenvalue weighted by Crippen LogP contribution is 2.13.